The summed E-state index contributed by atoms with van der Waals surface area (Å²) in [6.07, 6.45) is 4.68. The SMILES string of the molecule is CCOc1cc(N)cc(Sc2nnc3n2CCCCC3)c1. The van der Waals surface area contributed by atoms with Crippen molar-refractivity contribution in [2.24, 2.45) is 0 Å². The van der Waals surface area contributed by atoms with Crippen LogP contribution >= 0.6 is 11.8 Å². The lowest BCUT2D eigenvalue weighted by Crippen LogP contribution is -2.02. The number of nitrogens with two attached hydrogens (primary N) is 1. The third-order valence-electron chi connectivity index (χ3n) is 3.50. The summed E-state index contributed by atoms with van der Waals surface area (Å²) < 4.78 is 7.78. The van der Waals surface area contributed by atoms with Crippen LogP contribution in [0.3, 0.4) is 0 Å². The van der Waals surface area contributed by atoms with Crippen LogP contribution in [0.2, 0.25) is 0 Å². The molecule has 0 saturated heterocycles. The number of rotatable bonds is 4. The van der Waals surface area contributed by atoms with E-state index in [1.165, 1.54) is 19.3 Å². The molecule has 6 heteroatoms. The summed E-state index contributed by atoms with van der Waals surface area (Å²) in [7, 11) is 0. The Kier molecular flexibility index (Phi) is 4.34. The second-order valence-corrected chi connectivity index (χ2v) is 6.17. The summed E-state index contributed by atoms with van der Waals surface area (Å²) >= 11 is 1.60. The van der Waals surface area contributed by atoms with E-state index in [9.17, 15) is 0 Å². The van der Waals surface area contributed by atoms with E-state index in [4.69, 9.17) is 10.5 Å². The summed E-state index contributed by atoms with van der Waals surface area (Å²) in [5.41, 5.74) is 6.65. The van der Waals surface area contributed by atoms with E-state index >= 15 is 0 Å². The number of anilines is 1. The van der Waals surface area contributed by atoms with Crippen molar-refractivity contribution in [2.75, 3.05) is 12.3 Å². The lowest BCUT2D eigenvalue weighted by atomic mass is 10.2. The van der Waals surface area contributed by atoms with Crippen LogP contribution in [0.25, 0.3) is 0 Å². The molecule has 0 unspecified atom stereocenters. The molecule has 0 radical (unpaired) electrons. The minimum atomic E-state index is 0.633. The van der Waals surface area contributed by atoms with Gasteiger partial charge in [0.2, 0.25) is 0 Å². The average molecular weight is 304 g/mol. The molecule has 1 aliphatic heterocycles. The molecule has 21 heavy (non-hydrogen) atoms. The first-order valence-electron chi connectivity index (χ1n) is 7.39. The van der Waals surface area contributed by atoms with Gasteiger partial charge in [0, 0.05) is 29.6 Å². The highest BCUT2D eigenvalue weighted by Crippen LogP contribution is 2.32. The molecule has 0 fully saturated rings. The first-order valence-corrected chi connectivity index (χ1v) is 8.21. The zero-order valence-electron chi connectivity index (χ0n) is 12.2. The normalized spacial score (nSPS) is 14.5. The predicted molar refractivity (Wildman–Crippen MR) is 83.7 cm³/mol. The summed E-state index contributed by atoms with van der Waals surface area (Å²) in [5, 5.41) is 9.60. The highest BCUT2D eigenvalue weighted by atomic mass is 32.2. The Morgan fingerprint density at radius 3 is 3.00 bits per heavy atom. The Labute approximate surface area is 128 Å². The Morgan fingerprint density at radius 1 is 1.24 bits per heavy atom. The number of hydrogen-bond acceptors (Lipinski definition) is 5. The van der Waals surface area contributed by atoms with Gasteiger partial charge in [0.15, 0.2) is 5.16 Å². The summed E-state index contributed by atoms with van der Waals surface area (Å²) in [5.74, 6) is 1.90. The van der Waals surface area contributed by atoms with E-state index in [1.54, 1.807) is 11.8 Å². The van der Waals surface area contributed by atoms with E-state index in [0.717, 1.165) is 34.6 Å². The topological polar surface area (TPSA) is 66.0 Å². The van der Waals surface area contributed by atoms with Crippen LogP contribution in [0.5, 0.6) is 5.75 Å². The van der Waals surface area contributed by atoms with Gasteiger partial charge in [-0.3, -0.25) is 0 Å². The van der Waals surface area contributed by atoms with Crippen LogP contribution < -0.4 is 10.5 Å². The monoisotopic (exact) mass is 304 g/mol. The fourth-order valence-corrected chi connectivity index (χ4v) is 3.51. The Bertz CT molecular complexity index is 626. The molecule has 0 spiro atoms. The van der Waals surface area contributed by atoms with Crippen LogP contribution in [-0.4, -0.2) is 21.4 Å². The largest absolute Gasteiger partial charge is 0.494 e. The van der Waals surface area contributed by atoms with Crippen molar-refractivity contribution in [1.29, 1.82) is 0 Å². The molecule has 2 aromatic rings. The smallest absolute Gasteiger partial charge is 0.196 e. The lowest BCUT2D eigenvalue weighted by Gasteiger charge is -2.09. The maximum Gasteiger partial charge on any atom is 0.196 e. The van der Waals surface area contributed by atoms with E-state index in [-0.39, 0.29) is 0 Å². The van der Waals surface area contributed by atoms with Crippen molar-refractivity contribution in [2.45, 2.75) is 49.2 Å². The molecule has 2 N–H and O–H groups in total. The summed E-state index contributed by atoms with van der Waals surface area (Å²) in [6, 6.07) is 5.80. The fourth-order valence-electron chi connectivity index (χ4n) is 2.54. The van der Waals surface area contributed by atoms with Crippen LogP contribution in [0, 0.1) is 0 Å². The standard InChI is InChI=1S/C15H20N4OS/c1-2-20-12-8-11(16)9-13(10-12)21-15-18-17-14-6-4-3-5-7-19(14)15/h8-10H,2-7,16H2,1H3. The Balaban J connectivity index is 1.85. The molecule has 2 heterocycles. The van der Waals surface area contributed by atoms with Gasteiger partial charge in [0.25, 0.3) is 0 Å². The summed E-state index contributed by atoms with van der Waals surface area (Å²) in [6.45, 7) is 3.60. The first kappa shape index (κ1) is 14.3. The molecule has 1 aromatic carbocycles. The molecule has 112 valence electrons. The maximum absolute atomic E-state index is 5.95. The number of benzene rings is 1. The van der Waals surface area contributed by atoms with Gasteiger partial charge in [-0.25, -0.2) is 0 Å². The van der Waals surface area contributed by atoms with Crippen molar-refractivity contribution < 1.29 is 4.74 Å². The minimum Gasteiger partial charge on any atom is -0.494 e. The number of nitrogen functional groups attached to an aromatic ring is 1. The molecule has 3 rings (SSSR count). The van der Waals surface area contributed by atoms with Crippen LogP contribution in [0.4, 0.5) is 5.69 Å². The molecule has 1 aromatic heterocycles. The number of fused-ring (bicyclic) bond motifs is 1. The molecule has 0 bridgehead atoms. The van der Waals surface area contributed by atoms with Gasteiger partial charge in [-0.05, 0) is 43.7 Å². The highest BCUT2D eigenvalue weighted by Gasteiger charge is 2.16. The second kappa shape index (κ2) is 6.39. The van der Waals surface area contributed by atoms with Gasteiger partial charge in [0.05, 0.1) is 6.61 Å². The molecule has 0 amide bonds. The van der Waals surface area contributed by atoms with Crippen molar-refractivity contribution in [3.05, 3.63) is 24.0 Å². The quantitative estimate of drug-likeness (QED) is 0.879. The van der Waals surface area contributed by atoms with Crippen LogP contribution in [0.15, 0.2) is 28.3 Å². The van der Waals surface area contributed by atoms with Gasteiger partial charge in [-0.2, -0.15) is 0 Å². The van der Waals surface area contributed by atoms with Crippen LogP contribution in [-0.2, 0) is 13.0 Å². The van der Waals surface area contributed by atoms with Gasteiger partial charge in [0.1, 0.15) is 11.6 Å². The minimum absolute atomic E-state index is 0.633. The third-order valence-corrected chi connectivity index (χ3v) is 4.45. The Morgan fingerprint density at radius 2 is 2.14 bits per heavy atom. The fraction of sp³-hybridized carbons (Fsp3) is 0.467. The lowest BCUT2D eigenvalue weighted by molar-refractivity contribution is 0.339. The van der Waals surface area contributed by atoms with Crippen molar-refractivity contribution in [1.82, 2.24) is 14.8 Å². The summed E-state index contributed by atoms with van der Waals surface area (Å²) in [4.78, 5) is 1.04. The van der Waals surface area contributed by atoms with E-state index in [2.05, 4.69) is 14.8 Å². The number of hydrogen-bond donors (Lipinski definition) is 1. The van der Waals surface area contributed by atoms with E-state index < -0.39 is 0 Å². The highest BCUT2D eigenvalue weighted by molar-refractivity contribution is 7.99. The molecule has 5 nitrogen and oxygen atoms in total. The molecular weight excluding hydrogens is 284 g/mol. The molecule has 0 atom stereocenters. The van der Waals surface area contributed by atoms with Crippen LogP contribution in [0.1, 0.15) is 32.0 Å². The number of aromatic nitrogens is 3. The molecule has 1 aliphatic rings. The molecule has 0 aliphatic carbocycles. The number of nitrogens with zero attached hydrogens (tertiary/aromatic N) is 3. The van der Waals surface area contributed by atoms with Gasteiger partial charge in [-0.15, -0.1) is 10.2 Å². The molecular formula is C15H20N4OS. The zero-order valence-corrected chi connectivity index (χ0v) is 13.0. The van der Waals surface area contributed by atoms with Crippen molar-refractivity contribution >= 4 is 17.4 Å². The first-order chi connectivity index (χ1) is 10.3. The van der Waals surface area contributed by atoms with Gasteiger partial charge < -0.3 is 15.0 Å². The Hall–Kier alpha value is -1.69. The van der Waals surface area contributed by atoms with Crippen molar-refractivity contribution in [3.63, 3.8) is 0 Å². The van der Waals surface area contributed by atoms with E-state index in [0.29, 0.717) is 12.3 Å². The van der Waals surface area contributed by atoms with Gasteiger partial charge >= 0.3 is 0 Å². The van der Waals surface area contributed by atoms with Crippen molar-refractivity contribution in [3.8, 4) is 5.75 Å². The second-order valence-electron chi connectivity index (χ2n) is 5.13. The average Bonchev–Trinajstić information content (AvgIpc) is 2.68. The zero-order chi connectivity index (χ0) is 14.7. The number of ether oxygens (including phenoxy) is 1. The molecule has 0 saturated carbocycles. The third kappa shape index (κ3) is 3.32. The number of aryl methyl sites for hydroxylation is 1. The maximum atomic E-state index is 5.95. The van der Waals surface area contributed by atoms with Gasteiger partial charge in [-0.1, -0.05) is 6.42 Å². The predicted octanol–water partition coefficient (Wildman–Crippen LogP) is 3.14. The van der Waals surface area contributed by atoms with E-state index in [1.807, 2.05) is 25.1 Å².